The van der Waals surface area contributed by atoms with Gasteiger partial charge in [-0.3, -0.25) is 9.59 Å². The van der Waals surface area contributed by atoms with E-state index in [0.717, 1.165) is 5.56 Å². The second-order valence-electron chi connectivity index (χ2n) is 10.3. The third kappa shape index (κ3) is 4.69. The van der Waals surface area contributed by atoms with Gasteiger partial charge in [0, 0.05) is 12.1 Å². The molecule has 0 saturated carbocycles. The lowest BCUT2D eigenvalue weighted by Crippen LogP contribution is -2.29. The van der Waals surface area contributed by atoms with Gasteiger partial charge in [-0.2, -0.15) is 0 Å². The number of aliphatic hydroxyl groups is 1. The number of hydrogen-bond acceptors (Lipinski definition) is 5. The quantitative estimate of drug-likeness (QED) is 0.290. The van der Waals surface area contributed by atoms with Crippen LogP contribution >= 0.6 is 0 Å². The lowest BCUT2D eigenvalue weighted by atomic mass is 9.85. The molecule has 2 aliphatic heterocycles. The molecule has 0 radical (unpaired) electrons. The molecular formula is C30H28FNO5. The van der Waals surface area contributed by atoms with Crippen molar-refractivity contribution in [3.05, 3.63) is 100 Å². The van der Waals surface area contributed by atoms with Gasteiger partial charge in [-0.25, -0.2) is 4.39 Å². The lowest BCUT2D eigenvalue weighted by Gasteiger charge is -2.27. The first-order chi connectivity index (χ1) is 17.6. The van der Waals surface area contributed by atoms with Gasteiger partial charge in [0.25, 0.3) is 11.7 Å². The summed E-state index contributed by atoms with van der Waals surface area (Å²) in [4.78, 5) is 28.0. The molecular weight excluding hydrogens is 473 g/mol. The highest BCUT2D eigenvalue weighted by molar-refractivity contribution is 6.46. The number of Topliss-reactive ketones (excluding diaryl/α,β-unsaturated/α-hetero) is 1. The Balaban J connectivity index is 1.62. The van der Waals surface area contributed by atoms with E-state index in [1.807, 2.05) is 24.3 Å². The standard InChI is InChI=1S/C30H28FNO5/c1-30(2,3)21-9-6-19(7-10-21)26-25(27(33)20-8-13-23-24(16-20)37-15-14-36-23)28(34)29(35)32(26)17-18-4-11-22(31)12-5-18/h4-13,16,26,33H,14-15,17H2,1-3H3/b27-25-. The summed E-state index contributed by atoms with van der Waals surface area (Å²) in [6, 6.07) is 17.6. The average Bonchev–Trinajstić information content (AvgIpc) is 3.13. The van der Waals surface area contributed by atoms with Crippen LogP contribution in [0.2, 0.25) is 0 Å². The summed E-state index contributed by atoms with van der Waals surface area (Å²) in [7, 11) is 0. The van der Waals surface area contributed by atoms with Crippen molar-refractivity contribution in [3.63, 3.8) is 0 Å². The van der Waals surface area contributed by atoms with Crippen molar-refractivity contribution in [1.82, 2.24) is 4.90 Å². The van der Waals surface area contributed by atoms with E-state index in [2.05, 4.69) is 20.8 Å². The smallest absolute Gasteiger partial charge is 0.295 e. The number of fused-ring (bicyclic) bond motifs is 1. The SMILES string of the molecule is CC(C)(C)c1ccc(C2/C(=C(/O)c3ccc4c(c3)OCCO4)C(=O)C(=O)N2Cc2ccc(F)cc2)cc1. The zero-order chi connectivity index (χ0) is 26.3. The molecule has 0 spiro atoms. The monoisotopic (exact) mass is 501 g/mol. The summed E-state index contributed by atoms with van der Waals surface area (Å²) >= 11 is 0. The normalized spacial score (nSPS) is 18.8. The molecule has 0 aromatic heterocycles. The van der Waals surface area contributed by atoms with Gasteiger partial charge in [-0.05, 0) is 52.4 Å². The van der Waals surface area contributed by atoms with E-state index in [-0.39, 0.29) is 23.3 Å². The molecule has 2 aliphatic rings. The molecule has 1 amide bonds. The number of amides is 1. The minimum atomic E-state index is -0.827. The number of hydrogen-bond donors (Lipinski definition) is 1. The molecule has 0 aliphatic carbocycles. The second-order valence-corrected chi connectivity index (χ2v) is 10.3. The summed E-state index contributed by atoms with van der Waals surface area (Å²) in [5.41, 5.74) is 2.71. The Morgan fingerprint density at radius 2 is 1.59 bits per heavy atom. The van der Waals surface area contributed by atoms with E-state index in [1.165, 1.54) is 17.0 Å². The maximum absolute atomic E-state index is 13.5. The van der Waals surface area contributed by atoms with E-state index in [0.29, 0.717) is 41.4 Å². The molecule has 5 rings (SSSR count). The fourth-order valence-electron chi connectivity index (χ4n) is 4.69. The molecule has 1 fully saturated rings. The molecule has 190 valence electrons. The molecule has 1 saturated heterocycles. The Morgan fingerprint density at radius 1 is 0.946 bits per heavy atom. The summed E-state index contributed by atoms with van der Waals surface area (Å²) < 4.78 is 24.7. The van der Waals surface area contributed by atoms with Crippen LogP contribution in [0.5, 0.6) is 11.5 Å². The topological polar surface area (TPSA) is 76.1 Å². The Hall–Kier alpha value is -4.13. The number of nitrogens with zero attached hydrogens (tertiary/aromatic N) is 1. The summed E-state index contributed by atoms with van der Waals surface area (Å²) in [5.74, 6) is -1.18. The van der Waals surface area contributed by atoms with Gasteiger partial charge in [-0.1, -0.05) is 57.2 Å². The largest absolute Gasteiger partial charge is 0.507 e. The minimum Gasteiger partial charge on any atom is -0.507 e. The van der Waals surface area contributed by atoms with Gasteiger partial charge in [-0.15, -0.1) is 0 Å². The molecule has 6 nitrogen and oxygen atoms in total. The van der Waals surface area contributed by atoms with Crippen LogP contribution in [0.1, 0.15) is 49.1 Å². The zero-order valence-electron chi connectivity index (χ0n) is 21.0. The van der Waals surface area contributed by atoms with Crippen LogP contribution in [0.4, 0.5) is 4.39 Å². The highest BCUT2D eigenvalue weighted by Gasteiger charge is 2.46. The first-order valence-electron chi connectivity index (χ1n) is 12.2. The van der Waals surface area contributed by atoms with Gasteiger partial charge < -0.3 is 19.5 Å². The van der Waals surface area contributed by atoms with E-state index >= 15 is 0 Å². The average molecular weight is 502 g/mol. The number of benzene rings is 3. The lowest BCUT2D eigenvalue weighted by molar-refractivity contribution is -0.140. The van der Waals surface area contributed by atoms with Crippen LogP contribution in [0.15, 0.2) is 72.3 Å². The number of carbonyl (C=O) groups excluding carboxylic acids is 2. The summed E-state index contributed by atoms with van der Waals surface area (Å²) in [6.07, 6.45) is 0. The molecule has 2 heterocycles. The molecule has 3 aromatic carbocycles. The van der Waals surface area contributed by atoms with E-state index < -0.39 is 23.5 Å². The predicted octanol–water partition coefficient (Wildman–Crippen LogP) is 5.52. The van der Waals surface area contributed by atoms with E-state index in [9.17, 15) is 19.1 Å². The molecule has 1 unspecified atom stereocenters. The Morgan fingerprint density at radius 3 is 2.24 bits per heavy atom. The number of likely N-dealkylation sites (tertiary alicyclic amines) is 1. The van der Waals surface area contributed by atoms with Crippen LogP contribution in [0.3, 0.4) is 0 Å². The van der Waals surface area contributed by atoms with Crippen LogP contribution in [0.25, 0.3) is 5.76 Å². The van der Waals surface area contributed by atoms with Crippen molar-refractivity contribution in [3.8, 4) is 11.5 Å². The summed E-state index contributed by atoms with van der Waals surface area (Å²) in [5, 5.41) is 11.4. The van der Waals surface area contributed by atoms with Gasteiger partial charge >= 0.3 is 0 Å². The first kappa shape index (κ1) is 24.6. The van der Waals surface area contributed by atoms with Gasteiger partial charge in [0.2, 0.25) is 0 Å². The number of ketones is 1. The fraction of sp³-hybridized carbons (Fsp3) is 0.267. The zero-order valence-corrected chi connectivity index (χ0v) is 21.0. The molecule has 37 heavy (non-hydrogen) atoms. The number of ether oxygens (including phenoxy) is 2. The molecule has 3 aromatic rings. The Kier molecular flexibility index (Phi) is 6.23. The molecule has 1 N–H and O–H groups in total. The number of halogens is 1. The van der Waals surface area contributed by atoms with Crippen molar-refractivity contribution < 1.29 is 28.6 Å². The van der Waals surface area contributed by atoms with E-state index in [1.54, 1.807) is 30.3 Å². The maximum Gasteiger partial charge on any atom is 0.295 e. The van der Waals surface area contributed by atoms with E-state index in [4.69, 9.17) is 9.47 Å². The Bertz CT molecular complexity index is 1390. The van der Waals surface area contributed by atoms with Crippen LogP contribution in [0, 0.1) is 5.82 Å². The van der Waals surface area contributed by atoms with Crippen LogP contribution in [-0.2, 0) is 21.5 Å². The van der Waals surface area contributed by atoms with Crippen molar-refractivity contribution in [2.45, 2.75) is 38.8 Å². The highest BCUT2D eigenvalue weighted by Crippen LogP contribution is 2.42. The number of rotatable bonds is 4. The van der Waals surface area contributed by atoms with Gasteiger partial charge in [0.1, 0.15) is 24.8 Å². The third-order valence-electron chi connectivity index (χ3n) is 6.71. The molecule has 7 heteroatoms. The number of carbonyl (C=O) groups is 2. The Labute approximate surface area is 214 Å². The first-order valence-corrected chi connectivity index (χ1v) is 12.2. The maximum atomic E-state index is 13.5. The van der Waals surface area contributed by atoms with Crippen molar-refractivity contribution >= 4 is 17.4 Å². The fourth-order valence-corrected chi connectivity index (χ4v) is 4.69. The summed E-state index contributed by atoms with van der Waals surface area (Å²) in [6.45, 7) is 7.19. The van der Waals surface area contributed by atoms with Crippen LogP contribution < -0.4 is 9.47 Å². The highest BCUT2D eigenvalue weighted by atomic mass is 19.1. The molecule has 1 atom stereocenters. The van der Waals surface area contributed by atoms with Crippen molar-refractivity contribution in [2.75, 3.05) is 13.2 Å². The second kappa shape index (κ2) is 9.39. The van der Waals surface area contributed by atoms with Crippen molar-refractivity contribution in [2.24, 2.45) is 0 Å². The van der Waals surface area contributed by atoms with Gasteiger partial charge in [0.15, 0.2) is 11.5 Å². The third-order valence-corrected chi connectivity index (χ3v) is 6.71. The van der Waals surface area contributed by atoms with Crippen LogP contribution in [-0.4, -0.2) is 34.9 Å². The minimum absolute atomic E-state index is 0.00713. The predicted molar refractivity (Wildman–Crippen MR) is 137 cm³/mol. The number of aliphatic hydroxyl groups excluding tert-OH is 1. The van der Waals surface area contributed by atoms with Crippen molar-refractivity contribution in [1.29, 1.82) is 0 Å². The van der Waals surface area contributed by atoms with Gasteiger partial charge in [0.05, 0.1) is 11.6 Å². The molecule has 0 bridgehead atoms.